The van der Waals surface area contributed by atoms with Crippen molar-refractivity contribution in [2.75, 3.05) is 32.8 Å². The molecule has 0 spiro atoms. The summed E-state index contributed by atoms with van der Waals surface area (Å²) in [6.45, 7) is 6.24. The first-order valence-electron chi connectivity index (χ1n) is 15.7. The normalized spacial score (nSPS) is 18.1. The van der Waals surface area contributed by atoms with Gasteiger partial charge in [0, 0.05) is 36.2 Å². The van der Waals surface area contributed by atoms with Crippen molar-refractivity contribution in [3.8, 4) is 5.75 Å². The lowest BCUT2D eigenvalue weighted by molar-refractivity contribution is -0.137. The van der Waals surface area contributed by atoms with Crippen molar-refractivity contribution >= 4 is 41.0 Å². The number of nitrogens with zero attached hydrogens (tertiary/aromatic N) is 4. The number of benzene rings is 3. The van der Waals surface area contributed by atoms with Crippen LogP contribution in [0.1, 0.15) is 63.1 Å². The minimum absolute atomic E-state index is 0.0540. The number of amidine groups is 1. The van der Waals surface area contributed by atoms with Crippen molar-refractivity contribution in [1.82, 2.24) is 14.7 Å². The average Bonchev–Trinajstić information content (AvgIpc) is 3.64. The Morgan fingerprint density at radius 1 is 0.878 bits per heavy atom. The van der Waals surface area contributed by atoms with E-state index in [0.29, 0.717) is 32.7 Å². The second-order valence-electron chi connectivity index (χ2n) is 11.8. The van der Waals surface area contributed by atoms with E-state index in [9.17, 15) is 22.8 Å². The van der Waals surface area contributed by atoms with Gasteiger partial charge in [-0.05, 0) is 80.4 Å². The maximum Gasteiger partial charge on any atom is 0.416 e. The molecule has 4 aromatic rings. The third-order valence-electron chi connectivity index (χ3n) is 8.65. The maximum absolute atomic E-state index is 14.7. The summed E-state index contributed by atoms with van der Waals surface area (Å²) in [4.78, 5) is 37.9. The molecule has 6 rings (SSSR count). The van der Waals surface area contributed by atoms with Gasteiger partial charge in [-0.2, -0.15) is 13.2 Å². The number of hydrogen-bond donors (Lipinski definition) is 0. The summed E-state index contributed by atoms with van der Waals surface area (Å²) in [5.41, 5.74) is 1.27. The molecular formula is C36H33Cl2F3N4O4. The van der Waals surface area contributed by atoms with Crippen LogP contribution in [0.4, 0.5) is 18.0 Å². The fraction of sp³-hybridized carbons (Fsp3) is 0.306. The average molecular weight is 714 g/mol. The number of urea groups is 1. The lowest BCUT2D eigenvalue weighted by atomic mass is 9.93. The Labute approximate surface area is 291 Å². The van der Waals surface area contributed by atoms with E-state index in [2.05, 4.69) is 0 Å². The highest BCUT2D eigenvalue weighted by Crippen LogP contribution is 2.46. The first kappa shape index (κ1) is 34.4. The van der Waals surface area contributed by atoms with Crippen LogP contribution in [0.2, 0.25) is 10.0 Å². The van der Waals surface area contributed by atoms with Crippen LogP contribution in [-0.2, 0) is 6.18 Å². The molecule has 13 heteroatoms. The third kappa shape index (κ3) is 7.00. The molecule has 2 aliphatic rings. The summed E-state index contributed by atoms with van der Waals surface area (Å²) in [5.74, 6) is 1.08. The van der Waals surface area contributed by atoms with Gasteiger partial charge < -0.3 is 19.0 Å². The van der Waals surface area contributed by atoms with Crippen molar-refractivity contribution < 1.29 is 31.9 Å². The van der Waals surface area contributed by atoms with E-state index in [1.54, 1.807) is 73.0 Å². The van der Waals surface area contributed by atoms with Gasteiger partial charge in [-0.3, -0.25) is 14.7 Å². The highest BCUT2D eigenvalue weighted by atomic mass is 35.5. The molecule has 1 aromatic heterocycles. The first-order chi connectivity index (χ1) is 23.3. The lowest BCUT2D eigenvalue weighted by Crippen LogP contribution is -2.55. The van der Waals surface area contributed by atoms with Crippen molar-refractivity contribution in [2.24, 2.45) is 4.99 Å². The summed E-state index contributed by atoms with van der Waals surface area (Å²) >= 11 is 12.5. The fourth-order valence-electron chi connectivity index (χ4n) is 6.28. The number of halogens is 5. The van der Waals surface area contributed by atoms with Crippen LogP contribution in [0.15, 0.2) is 82.2 Å². The van der Waals surface area contributed by atoms with Crippen LogP contribution in [0.25, 0.3) is 0 Å². The highest BCUT2D eigenvalue weighted by Gasteiger charge is 2.45. The van der Waals surface area contributed by atoms with Crippen LogP contribution in [-0.4, -0.2) is 65.3 Å². The van der Waals surface area contributed by atoms with E-state index in [0.717, 1.165) is 17.7 Å². The van der Waals surface area contributed by atoms with Crippen LogP contribution in [0.3, 0.4) is 0 Å². The zero-order chi connectivity index (χ0) is 35.0. The van der Waals surface area contributed by atoms with E-state index < -0.39 is 29.9 Å². The first-order valence-corrected chi connectivity index (χ1v) is 16.5. The Kier molecular flexibility index (Phi) is 9.68. The number of aryl methyl sites for hydroxylation is 2. The number of carbonyl (C=O) groups is 2. The molecule has 0 saturated carbocycles. The van der Waals surface area contributed by atoms with E-state index in [1.165, 1.54) is 11.0 Å². The summed E-state index contributed by atoms with van der Waals surface area (Å²) in [6.07, 6.45) is -4.61. The Bertz CT molecular complexity index is 1890. The number of carbonyl (C=O) groups excluding carboxylic acids is 2. The quantitative estimate of drug-likeness (QED) is 0.200. The van der Waals surface area contributed by atoms with E-state index in [-0.39, 0.29) is 55.8 Å². The Morgan fingerprint density at radius 2 is 1.47 bits per heavy atom. The van der Waals surface area contributed by atoms with E-state index in [1.807, 2.05) is 12.1 Å². The molecule has 8 nitrogen and oxygen atoms in total. The molecule has 3 amide bonds. The van der Waals surface area contributed by atoms with Gasteiger partial charge in [0.2, 0.25) is 0 Å². The molecule has 2 atom stereocenters. The zero-order valence-corrected chi connectivity index (χ0v) is 28.4. The number of aliphatic imine (C=N–C) groups is 1. The minimum Gasteiger partial charge on any atom is -0.493 e. The van der Waals surface area contributed by atoms with E-state index >= 15 is 0 Å². The van der Waals surface area contributed by atoms with Crippen molar-refractivity contribution in [1.29, 1.82) is 0 Å². The Morgan fingerprint density at radius 3 is 2.02 bits per heavy atom. The fourth-order valence-corrected chi connectivity index (χ4v) is 6.53. The lowest BCUT2D eigenvalue weighted by Gasteiger charge is -2.39. The molecule has 256 valence electrons. The molecule has 2 aliphatic heterocycles. The number of alkyl halides is 3. The zero-order valence-electron chi connectivity index (χ0n) is 26.9. The number of piperazine rings is 1. The van der Waals surface area contributed by atoms with Crippen LogP contribution in [0, 0.1) is 13.8 Å². The van der Waals surface area contributed by atoms with Gasteiger partial charge in [0.1, 0.15) is 29.1 Å². The molecule has 3 heterocycles. The van der Waals surface area contributed by atoms with Gasteiger partial charge in [-0.1, -0.05) is 47.5 Å². The van der Waals surface area contributed by atoms with Gasteiger partial charge in [0.05, 0.1) is 29.3 Å². The second kappa shape index (κ2) is 13.8. The standard InChI is InChI=1S/C36H33Cl2F3N4O4/c1-4-48-30-20-25(36(39,40)41)9-14-28(30)33-42-31(23-5-10-26(37)11-6-23)32(24-7-12-27(38)13-8-24)45(33)35(47)44-17-15-43(16-18-44)34(46)29-19-21(2)49-22(29)3/h5-14,19-20,31-32H,4,15-18H2,1-3H3. The molecule has 2 unspecified atom stereocenters. The maximum atomic E-state index is 14.7. The van der Waals surface area contributed by atoms with Crippen LogP contribution >= 0.6 is 23.2 Å². The second-order valence-corrected chi connectivity index (χ2v) is 12.7. The van der Waals surface area contributed by atoms with Crippen LogP contribution < -0.4 is 4.74 Å². The molecule has 1 fully saturated rings. The number of rotatable bonds is 6. The SMILES string of the molecule is CCOc1cc(C(F)(F)F)ccc1C1=NC(c2ccc(Cl)cc2)C(c2ccc(Cl)cc2)N1C(=O)N1CCN(C(=O)c2cc(C)oc2C)CC1. The largest absolute Gasteiger partial charge is 0.493 e. The predicted molar refractivity (Wildman–Crippen MR) is 180 cm³/mol. The number of furan rings is 1. The molecule has 3 aromatic carbocycles. The molecule has 0 bridgehead atoms. The molecular weight excluding hydrogens is 680 g/mol. The molecule has 0 radical (unpaired) electrons. The summed E-state index contributed by atoms with van der Waals surface area (Å²) < 4.78 is 52.7. The van der Waals surface area contributed by atoms with Crippen molar-refractivity contribution in [2.45, 2.75) is 39.0 Å². The Balaban J connectivity index is 1.42. The van der Waals surface area contributed by atoms with Gasteiger partial charge in [-0.25, -0.2) is 4.79 Å². The van der Waals surface area contributed by atoms with Crippen LogP contribution in [0.5, 0.6) is 5.75 Å². The predicted octanol–water partition coefficient (Wildman–Crippen LogP) is 8.74. The van der Waals surface area contributed by atoms with E-state index in [4.69, 9.17) is 37.3 Å². The number of amides is 3. The molecule has 49 heavy (non-hydrogen) atoms. The van der Waals surface area contributed by atoms with Gasteiger partial charge >= 0.3 is 12.2 Å². The van der Waals surface area contributed by atoms with Gasteiger partial charge in [-0.15, -0.1) is 0 Å². The molecule has 0 aliphatic carbocycles. The van der Waals surface area contributed by atoms with Gasteiger partial charge in [0.25, 0.3) is 5.91 Å². The third-order valence-corrected chi connectivity index (χ3v) is 9.16. The Hall–Kier alpha value is -4.48. The number of ether oxygens (including phenoxy) is 1. The molecule has 0 N–H and O–H groups in total. The summed E-state index contributed by atoms with van der Waals surface area (Å²) in [6, 6.07) is 17.2. The van der Waals surface area contributed by atoms with Crippen molar-refractivity contribution in [3.63, 3.8) is 0 Å². The monoisotopic (exact) mass is 712 g/mol. The molecule has 1 saturated heterocycles. The smallest absolute Gasteiger partial charge is 0.416 e. The van der Waals surface area contributed by atoms with Gasteiger partial charge in [0.15, 0.2) is 0 Å². The summed E-state index contributed by atoms with van der Waals surface area (Å²) in [7, 11) is 0. The topological polar surface area (TPSA) is 78.6 Å². The summed E-state index contributed by atoms with van der Waals surface area (Å²) in [5, 5.41) is 1.01. The number of hydrogen-bond acceptors (Lipinski definition) is 5. The highest BCUT2D eigenvalue weighted by molar-refractivity contribution is 6.30. The van der Waals surface area contributed by atoms with Crippen molar-refractivity contribution in [3.05, 3.63) is 122 Å². The minimum atomic E-state index is -4.61.